The summed E-state index contributed by atoms with van der Waals surface area (Å²) in [7, 11) is 0. The smallest absolute Gasteiger partial charge is 0.338 e. The molecule has 0 unspecified atom stereocenters. The van der Waals surface area contributed by atoms with Crippen molar-refractivity contribution in [3.05, 3.63) is 33.9 Å². The van der Waals surface area contributed by atoms with Crippen LogP contribution in [-0.2, 0) is 9.53 Å². The lowest BCUT2D eigenvalue weighted by Crippen LogP contribution is -2.36. The molecule has 1 heterocycles. The number of nitrogens with zero attached hydrogens (tertiary/aromatic N) is 2. The number of piperidine rings is 1. The Balaban J connectivity index is 1.64. The minimum absolute atomic E-state index is 0.0779. The van der Waals surface area contributed by atoms with Gasteiger partial charge >= 0.3 is 5.97 Å². The maximum Gasteiger partial charge on any atom is 0.338 e. The third kappa shape index (κ3) is 4.99. The summed E-state index contributed by atoms with van der Waals surface area (Å²) in [6.07, 6.45) is 6.17. The van der Waals surface area contributed by atoms with Gasteiger partial charge in [0.15, 0.2) is 6.61 Å². The number of amides is 1. The molecule has 1 N–H and O–H groups in total. The third-order valence-corrected chi connectivity index (χ3v) is 5.46. The molecule has 1 aliphatic heterocycles. The Kier molecular flexibility index (Phi) is 6.49. The molecular weight excluding hydrogens is 362 g/mol. The van der Waals surface area contributed by atoms with Gasteiger partial charge in [-0.1, -0.05) is 19.8 Å². The highest BCUT2D eigenvalue weighted by Crippen LogP contribution is 2.32. The van der Waals surface area contributed by atoms with Crippen molar-refractivity contribution < 1.29 is 19.2 Å². The quantitative estimate of drug-likeness (QED) is 0.456. The number of benzene rings is 1. The van der Waals surface area contributed by atoms with Crippen molar-refractivity contribution in [2.75, 3.05) is 24.6 Å². The molecule has 2 fully saturated rings. The van der Waals surface area contributed by atoms with Gasteiger partial charge in [0.05, 0.1) is 10.5 Å². The van der Waals surface area contributed by atoms with Gasteiger partial charge in [-0.05, 0) is 43.7 Å². The fourth-order valence-electron chi connectivity index (χ4n) is 4.03. The summed E-state index contributed by atoms with van der Waals surface area (Å²) >= 11 is 0. The highest BCUT2D eigenvalue weighted by atomic mass is 16.6. The summed E-state index contributed by atoms with van der Waals surface area (Å²) in [5.41, 5.74) is 0.486. The minimum Gasteiger partial charge on any atom is -0.452 e. The number of anilines is 1. The van der Waals surface area contributed by atoms with Gasteiger partial charge < -0.3 is 15.0 Å². The average molecular weight is 389 g/mol. The Hall–Kier alpha value is -2.64. The lowest BCUT2D eigenvalue weighted by atomic mass is 9.99. The van der Waals surface area contributed by atoms with Crippen LogP contribution in [0.2, 0.25) is 0 Å². The van der Waals surface area contributed by atoms with Crippen LogP contribution in [0.15, 0.2) is 18.2 Å². The van der Waals surface area contributed by atoms with Crippen molar-refractivity contribution >= 4 is 23.3 Å². The molecule has 1 aliphatic carbocycles. The zero-order chi connectivity index (χ0) is 20.1. The number of ether oxygens (including phenoxy) is 1. The van der Waals surface area contributed by atoms with E-state index in [-0.39, 0.29) is 29.8 Å². The molecule has 0 spiro atoms. The van der Waals surface area contributed by atoms with Crippen LogP contribution < -0.4 is 10.2 Å². The fraction of sp³-hybridized carbons (Fsp3) is 0.600. The summed E-state index contributed by atoms with van der Waals surface area (Å²) in [5.74, 6) is -0.603. The lowest BCUT2D eigenvalue weighted by molar-refractivity contribution is -0.384. The Morgan fingerprint density at radius 1 is 1.25 bits per heavy atom. The zero-order valence-corrected chi connectivity index (χ0v) is 16.2. The molecule has 152 valence electrons. The van der Waals surface area contributed by atoms with E-state index in [1.807, 2.05) is 4.90 Å². The van der Waals surface area contributed by atoms with E-state index in [9.17, 15) is 19.7 Å². The van der Waals surface area contributed by atoms with Crippen molar-refractivity contribution in [2.24, 2.45) is 5.92 Å². The van der Waals surface area contributed by atoms with Crippen LogP contribution in [0, 0.1) is 16.0 Å². The van der Waals surface area contributed by atoms with Crippen molar-refractivity contribution in [3.8, 4) is 0 Å². The van der Waals surface area contributed by atoms with Crippen LogP contribution in [0.5, 0.6) is 0 Å². The third-order valence-electron chi connectivity index (χ3n) is 5.46. The Morgan fingerprint density at radius 3 is 2.68 bits per heavy atom. The Labute approximate surface area is 164 Å². The van der Waals surface area contributed by atoms with E-state index >= 15 is 0 Å². The van der Waals surface area contributed by atoms with Crippen molar-refractivity contribution in [3.63, 3.8) is 0 Å². The SMILES string of the molecule is C[C@@H]1CCCN(c2ccc(C(=O)OCC(=O)NC3CCCC3)cc2[N+](=O)[O-])C1. The average Bonchev–Trinajstić information content (AvgIpc) is 3.18. The number of nitro groups is 1. The number of hydrogen-bond acceptors (Lipinski definition) is 6. The van der Waals surface area contributed by atoms with E-state index in [1.54, 1.807) is 6.07 Å². The van der Waals surface area contributed by atoms with Gasteiger partial charge in [0, 0.05) is 25.2 Å². The first kappa shape index (κ1) is 20.1. The normalized spacial score (nSPS) is 20.0. The second kappa shape index (κ2) is 9.03. The maximum absolute atomic E-state index is 12.3. The van der Waals surface area contributed by atoms with Crippen LogP contribution >= 0.6 is 0 Å². The predicted molar refractivity (Wildman–Crippen MR) is 104 cm³/mol. The van der Waals surface area contributed by atoms with E-state index in [2.05, 4.69) is 12.2 Å². The van der Waals surface area contributed by atoms with Gasteiger partial charge in [-0.2, -0.15) is 0 Å². The summed E-state index contributed by atoms with van der Waals surface area (Å²) in [4.78, 5) is 37.2. The van der Waals surface area contributed by atoms with Crippen molar-refractivity contribution in [1.29, 1.82) is 0 Å². The van der Waals surface area contributed by atoms with Crippen LogP contribution in [0.25, 0.3) is 0 Å². The molecule has 1 amide bonds. The summed E-state index contributed by atoms with van der Waals surface area (Å²) in [6.45, 7) is 3.26. The van der Waals surface area contributed by atoms with Gasteiger partial charge in [0.2, 0.25) is 0 Å². The van der Waals surface area contributed by atoms with Crippen LogP contribution in [0.1, 0.15) is 55.8 Å². The molecule has 28 heavy (non-hydrogen) atoms. The van der Waals surface area contributed by atoms with E-state index in [0.29, 0.717) is 11.6 Å². The monoisotopic (exact) mass is 389 g/mol. The molecule has 1 aromatic rings. The Morgan fingerprint density at radius 2 is 2.00 bits per heavy atom. The number of carbonyl (C=O) groups is 2. The Bertz CT molecular complexity index is 745. The van der Waals surface area contributed by atoms with Gasteiger partial charge in [-0.25, -0.2) is 4.79 Å². The minimum atomic E-state index is -0.733. The maximum atomic E-state index is 12.3. The largest absolute Gasteiger partial charge is 0.452 e. The number of hydrogen-bond donors (Lipinski definition) is 1. The zero-order valence-electron chi connectivity index (χ0n) is 16.2. The molecular formula is C20H27N3O5. The van der Waals surface area contributed by atoms with Crippen LogP contribution in [0.3, 0.4) is 0 Å². The first-order valence-corrected chi connectivity index (χ1v) is 9.94. The van der Waals surface area contributed by atoms with Crippen LogP contribution in [0.4, 0.5) is 11.4 Å². The van der Waals surface area contributed by atoms with E-state index < -0.39 is 10.9 Å². The molecule has 0 aromatic heterocycles. The highest BCUT2D eigenvalue weighted by molar-refractivity contribution is 5.93. The topological polar surface area (TPSA) is 102 Å². The molecule has 8 heteroatoms. The first-order chi connectivity index (χ1) is 13.4. The number of esters is 1. The number of nitro benzene ring substituents is 1. The van der Waals surface area contributed by atoms with Gasteiger partial charge in [0.25, 0.3) is 11.6 Å². The molecule has 8 nitrogen and oxygen atoms in total. The van der Waals surface area contributed by atoms with E-state index in [1.165, 1.54) is 12.1 Å². The first-order valence-electron chi connectivity index (χ1n) is 9.94. The standard InChI is InChI=1S/C20H27N3O5/c1-14-5-4-10-22(12-14)17-9-8-15(11-18(17)23(26)27)20(25)28-13-19(24)21-16-6-2-3-7-16/h8-9,11,14,16H,2-7,10,12-13H2,1H3,(H,21,24)/t14-/m1/s1. The molecule has 1 saturated carbocycles. The number of rotatable bonds is 6. The predicted octanol–water partition coefficient (Wildman–Crippen LogP) is 3.05. The number of carbonyl (C=O) groups excluding carboxylic acids is 2. The molecule has 0 bridgehead atoms. The molecule has 3 rings (SSSR count). The lowest BCUT2D eigenvalue weighted by Gasteiger charge is -2.32. The summed E-state index contributed by atoms with van der Waals surface area (Å²) in [5, 5.41) is 14.4. The van der Waals surface area contributed by atoms with Gasteiger partial charge in [-0.15, -0.1) is 0 Å². The summed E-state index contributed by atoms with van der Waals surface area (Å²) in [6, 6.07) is 4.52. The van der Waals surface area contributed by atoms with Gasteiger partial charge in [-0.3, -0.25) is 14.9 Å². The second-order valence-electron chi connectivity index (χ2n) is 7.78. The fourth-order valence-corrected chi connectivity index (χ4v) is 4.03. The second-order valence-corrected chi connectivity index (χ2v) is 7.78. The molecule has 0 radical (unpaired) electrons. The molecule has 1 atom stereocenters. The molecule has 1 saturated heterocycles. The number of nitrogens with one attached hydrogen (secondary N) is 1. The van der Waals surface area contributed by atoms with E-state index in [4.69, 9.17) is 4.74 Å². The van der Waals surface area contributed by atoms with Crippen molar-refractivity contribution in [1.82, 2.24) is 5.32 Å². The van der Waals surface area contributed by atoms with Crippen molar-refractivity contribution in [2.45, 2.75) is 51.5 Å². The molecule has 1 aromatic carbocycles. The highest BCUT2D eigenvalue weighted by Gasteiger charge is 2.26. The van der Waals surface area contributed by atoms with Crippen LogP contribution in [-0.4, -0.2) is 42.5 Å². The summed E-state index contributed by atoms with van der Waals surface area (Å²) < 4.78 is 5.05. The van der Waals surface area contributed by atoms with Gasteiger partial charge in [0.1, 0.15) is 5.69 Å². The molecule has 2 aliphatic rings. The van der Waals surface area contributed by atoms with E-state index in [0.717, 1.165) is 51.6 Å².